The molecule has 1 aliphatic carbocycles. The number of sulfonamides is 1. The average molecular weight is 379 g/mol. The quantitative estimate of drug-likeness (QED) is 0.840. The lowest BCUT2D eigenvalue weighted by molar-refractivity contribution is 0.245. The Morgan fingerprint density at radius 3 is 2.31 bits per heavy atom. The van der Waals surface area contributed by atoms with Crippen LogP contribution in [0.4, 0.5) is 0 Å². The first-order chi connectivity index (χ1) is 12.1. The summed E-state index contributed by atoms with van der Waals surface area (Å²) in [4.78, 5) is 0.416. The SMILES string of the molecule is CC(C)(C)c1ccc(S(=O)(=O)N2CCCC2(C)CNC2CCCC2)cc1. The fraction of sp³-hybridized carbons (Fsp3) is 0.714. The molecule has 1 saturated heterocycles. The fourth-order valence-corrected chi connectivity index (χ4v) is 6.17. The van der Waals surface area contributed by atoms with Crippen molar-refractivity contribution in [1.82, 2.24) is 9.62 Å². The van der Waals surface area contributed by atoms with Crippen molar-refractivity contribution in [2.45, 2.75) is 88.1 Å². The number of benzene rings is 1. The molecule has 0 amide bonds. The van der Waals surface area contributed by atoms with Gasteiger partial charge < -0.3 is 5.32 Å². The van der Waals surface area contributed by atoms with Crippen molar-refractivity contribution in [1.29, 1.82) is 0 Å². The molecule has 2 aliphatic rings. The molecule has 0 spiro atoms. The normalized spacial score (nSPS) is 25.8. The largest absolute Gasteiger partial charge is 0.312 e. The Kier molecular flexibility index (Phi) is 5.53. The zero-order valence-electron chi connectivity index (χ0n) is 16.7. The zero-order chi connectivity index (χ0) is 19.0. The van der Waals surface area contributed by atoms with E-state index in [4.69, 9.17) is 0 Å². The van der Waals surface area contributed by atoms with Crippen molar-refractivity contribution in [3.8, 4) is 0 Å². The van der Waals surface area contributed by atoms with Gasteiger partial charge in [-0.3, -0.25) is 0 Å². The van der Waals surface area contributed by atoms with Crippen LogP contribution in [0, 0.1) is 0 Å². The van der Waals surface area contributed by atoms with Crippen LogP contribution in [0.5, 0.6) is 0 Å². The van der Waals surface area contributed by atoms with Crippen LogP contribution in [-0.2, 0) is 15.4 Å². The van der Waals surface area contributed by atoms with Gasteiger partial charge in [-0.05, 0) is 55.7 Å². The molecule has 1 aromatic carbocycles. The van der Waals surface area contributed by atoms with Gasteiger partial charge in [0, 0.05) is 24.7 Å². The maximum Gasteiger partial charge on any atom is 0.243 e. The highest BCUT2D eigenvalue weighted by Gasteiger charge is 2.44. The monoisotopic (exact) mass is 378 g/mol. The number of nitrogens with zero attached hydrogens (tertiary/aromatic N) is 1. The molecule has 1 unspecified atom stereocenters. The lowest BCUT2D eigenvalue weighted by Crippen LogP contribution is -2.52. The summed E-state index contributed by atoms with van der Waals surface area (Å²) in [5.41, 5.74) is 0.850. The molecule has 146 valence electrons. The predicted molar refractivity (Wildman–Crippen MR) is 107 cm³/mol. The van der Waals surface area contributed by atoms with Crippen LogP contribution in [0.3, 0.4) is 0 Å². The molecule has 0 radical (unpaired) electrons. The van der Waals surface area contributed by atoms with Gasteiger partial charge in [-0.2, -0.15) is 4.31 Å². The molecule has 2 fully saturated rings. The summed E-state index contributed by atoms with van der Waals surface area (Å²) in [6.07, 6.45) is 6.87. The first kappa shape index (κ1) is 19.8. The summed E-state index contributed by atoms with van der Waals surface area (Å²) >= 11 is 0. The number of hydrogen-bond donors (Lipinski definition) is 1. The van der Waals surface area contributed by atoms with Crippen molar-refractivity contribution in [2.75, 3.05) is 13.1 Å². The Labute approximate surface area is 159 Å². The fourth-order valence-electron chi connectivity index (χ4n) is 4.33. The first-order valence-corrected chi connectivity index (χ1v) is 11.4. The van der Waals surface area contributed by atoms with E-state index in [0.29, 0.717) is 17.5 Å². The maximum absolute atomic E-state index is 13.3. The van der Waals surface area contributed by atoms with E-state index < -0.39 is 10.0 Å². The minimum Gasteiger partial charge on any atom is -0.312 e. The van der Waals surface area contributed by atoms with Gasteiger partial charge in [0.1, 0.15) is 0 Å². The summed E-state index contributed by atoms with van der Waals surface area (Å²) in [6, 6.07) is 8.02. The average Bonchev–Trinajstić information content (AvgIpc) is 3.22. The van der Waals surface area contributed by atoms with Crippen molar-refractivity contribution in [3.05, 3.63) is 29.8 Å². The Bertz CT molecular complexity index is 715. The van der Waals surface area contributed by atoms with Gasteiger partial charge >= 0.3 is 0 Å². The van der Waals surface area contributed by atoms with Gasteiger partial charge in [0.25, 0.3) is 0 Å². The molecule has 1 aromatic rings. The maximum atomic E-state index is 13.3. The van der Waals surface area contributed by atoms with Crippen LogP contribution >= 0.6 is 0 Å². The van der Waals surface area contributed by atoms with Gasteiger partial charge in [-0.25, -0.2) is 8.42 Å². The third-order valence-corrected chi connectivity index (χ3v) is 8.19. The van der Waals surface area contributed by atoms with Gasteiger partial charge in [-0.15, -0.1) is 0 Å². The Balaban J connectivity index is 1.78. The summed E-state index contributed by atoms with van der Waals surface area (Å²) < 4.78 is 28.4. The molecular weight excluding hydrogens is 344 g/mol. The number of nitrogens with one attached hydrogen (secondary N) is 1. The Morgan fingerprint density at radius 2 is 1.73 bits per heavy atom. The standard InChI is InChI=1S/C21H34N2O2S/c1-20(2,3)17-10-12-19(13-11-17)26(24,25)23-15-7-14-21(23,4)16-22-18-8-5-6-9-18/h10-13,18,22H,5-9,14-16H2,1-4H3. The first-order valence-electron chi connectivity index (χ1n) is 10.00. The van der Waals surface area contributed by atoms with Gasteiger partial charge in [0.2, 0.25) is 10.0 Å². The van der Waals surface area contributed by atoms with Gasteiger partial charge in [-0.1, -0.05) is 45.7 Å². The minimum atomic E-state index is -3.46. The molecule has 3 rings (SSSR count). The lowest BCUT2D eigenvalue weighted by atomic mass is 9.87. The van der Waals surface area contributed by atoms with Crippen LogP contribution in [0.15, 0.2) is 29.2 Å². The zero-order valence-corrected chi connectivity index (χ0v) is 17.5. The summed E-state index contributed by atoms with van der Waals surface area (Å²) in [5, 5.41) is 3.64. The van der Waals surface area contributed by atoms with Crippen molar-refractivity contribution in [2.24, 2.45) is 0 Å². The van der Waals surface area contributed by atoms with Gasteiger partial charge in [0.15, 0.2) is 0 Å². The highest BCUT2D eigenvalue weighted by atomic mass is 32.2. The third kappa shape index (κ3) is 4.00. The summed E-state index contributed by atoms with van der Waals surface area (Å²) in [5.74, 6) is 0. The van der Waals surface area contributed by atoms with E-state index in [2.05, 4.69) is 33.0 Å². The highest BCUT2D eigenvalue weighted by Crippen LogP contribution is 2.35. The summed E-state index contributed by atoms with van der Waals surface area (Å²) in [6.45, 7) is 9.89. The number of hydrogen-bond acceptors (Lipinski definition) is 3. The molecule has 1 atom stereocenters. The van der Waals surface area contributed by atoms with Crippen molar-refractivity contribution >= 4 is 10.0 Å². The van der Waals surface area contributed by atoms with E-state index in [0.717, 1.165) is 24.9 Å². The van der Waals surface area contributed by atoms with Crippen LogP contribution in [-0.4, -0.2) is 37.4 Å². The van der Waals surface area contributed by atoms with E-state index in [-0.39, 0.29) is 11.0 Å². The smallest absolute Gasteiger partial charge is 0.243 e. The van der Waals surface area contributed by atoms with Crippen LogP contribution in [0.1, 0.15) is 71.8 Å². The second kappa shape index (κ2) is 7.25. The molecule has 1 heterocycles. The summed E-state index contributed by atoms with van der Waals surface area (Å²) in [7, 11) is -3.46. The topological polar surface area (TPSA) is 49.4 Å². The molecule has 1 aliphatic heterocycles. The predicted octanol–water partition coefficient (Wildman–Crippen LogP) is 4.06. The highest BCUT2D eigenvalue weighted by molar-refractivity contribution is 7.89. The van der Waals surface area contributed by atoms with Crippen molar-refractivity contribution < 1.29 is 8.42 Å². The lowest BCUT2D eigenvalue weighted by Gasteiger charge is -2.35. The van der Waals surface area contributed by atoms with E-state index in [1.54, 1.807) is 16.4 Å². The van der Waals surface area contributed by atoms with E-state index in [1.807, 2.05) is 12.1 Å². The Hall–Kier alpha value is -0.910. The van der Waals surface area contributed by atoms with E-state index >= 15 is 0 Å². The van der Waals surface area contributed by atoms with Crippen LogP contribution < -0.4 is 5.32 Å². The molecule has 4 nitrogen and oxygen atoms in total. The second-order valence-corrected chi connectivity index (χ2v) is 11.2. The Morgan fingerprint density at radius 1 is 1.12 bits per heavy atom. The minimum absolute atomic E-state index is 0.0235. The molecule has 1 N–H and O–H groups in total. The van der Waals surface area contributed by atoms with Crippen LogP contribution in [0.25, 0.3) is 0 Å². The molecule has 1 saturated carbocycles. The van der Waals surface area contributed by atoms with Crippen molar-refractivity contribution in [3.63, 3.8) is 0 Å². The van der Waals surface area contributed by atoms with Gasteiger partial charge in [0.05, 0.1) is 4.90 Å². The second-order valence-electron chi connectivity index (χ2n) is 9.31. The molecule has 0 bridgehead atoms. The van der Waals surface area contributed by atoms with Crippen LogP contribution in [0.2, 0.25) is 0 Å². The third-order valence-electron chi connectivity index (χ3n) is 6.11. The molecular formula is C21H34N2O2S. The molecule has 0 aromatic heterocycles. The molecule has 5 heteroatoms. The number of rotatable bonds is 5. The van der Waals surface area contributed by atoms with E-state index in [9.17, 15) is 8.42 Å². The van der Waals surface area contributed by atoms with E-state index in [1.165, 1.54) is 25.7 Å². The molecule has 26 heavy (non-hydrogen) atoms.